The van der Waals surface area contributed by atoms with Crippen LogP contribution in [0.1, 0.15) is 153 Å². The third-order valence-corrected chi connectivity index (χ3v) is 28.5. The molecule has 143 heavy (non-hydrogen) atoms. The minimum absolute atomic E-state index is 0.0996. The summed E-state index contributed by atoms with van der Waals surface area (Å²) in [5, 5.41) is 67.1. The molecule has 734 valence electrons. The van der Waals surface area contributed by atoms with Crippen LogP contribution in [0.3, 0.4) is 0 Å². The first kappa shape index (κ1) is 109. The van der Waals surface area contributed by atoms with Crippen LogP contribution in [0.25, 0.3) is 66.8 Å². The number of hydrogen-bond acceptors (Lipinski definition) is 17. The highest BCUT2D eigenvalue weighted by atomic mass is 79.9. The van der Waals surface area contributed by atoms with E-state index in [1.165, 1.54) is 67.8 Å². The SMILES string of the molecule is CC(C)(C)C(Cc1ccccc1)C(=O)Nc1scc(-c2ccc(Cl)cc2)c1C(=O)O.CC(C)(C)OC(=O)c1c(-c2cc3ccccc3o2)csc1NC(=O)CCc1ccccc1.CC(Cc1ccccc1)C(=O)Nc1scc(-c2ccc(Br)cc2)c1C(=O)O.CC(Cc1ccccc1)C(=O)Nc1scc(-c2ccc(Cl)cc2)c1C(=O)O.Cc1cccc(CCC(=S)Nc2scc(-c3ccc(Cl)cc3)c2C(=O)O)c1. The number of benzene rings is 10. The lowest BCUT2D eigenvalue weighted by Gasteiger charge is -2.29. The van der Waals surface area contributed by atoms with Crippen LogP contribution >= 0.6 is 120 Å². The van der Waals surface area contributed by atoms with Gasteiger partial charge in [-0.3, -0.25) is 19.2 Å². The number of fused-ring (bicyclic) bond motifs is 1. The van der Waals surface area contributed by atoms with Gasteiger partial charge in [0.2, 0.25) is 23.6 Å². The summed E-state index contributed by atoms with van der Waals surface area (Å²) in [6, 6.07) is 85.5. The van der Waals surface area contributed by atoms with E-state index in [2.05, 4.69) is 67.6 Å². The van der Waals surface area contributed by atoms with Crippen LogP contribution < -0.4 is 26.6 Å². The summed E-state index contributed by atoms with van der Waals surface area (Å²) in [7, 11) is 0. The van der Waals surface area contributed by atoms with Gasteiger partial charge in [-0.05, 0) is 176 Å². The van der Waals surface area contributed by atoms with Crippen LogP contribution in [0.15, 0.2) is 309 Å². The van der Waals surface area contributed by atoms with Gasteiger partial charge in [0.1, 0.15) is 69.8 Å². The number of carboxylic acid groups (broad SMARTS) is 4. The number of rotatable bonds is 30. The number of hydrogen-bond donors (Lipinski definition) is 9. The molecule has 16 aromatic rings. The molecule has 10 aromatic carbocycles. The number of nitrogens with one attached hydrogen (secondary N) is 5. The standard InChI is InChI=1S/C26H25NO4S.C24H24ClNO3S.C21H18BrNO3S.C21H18ClNO3S.C21H18ClNO2S2/c1-26(2,3)31-25(29)23-19(21-15-18-11-7-8-12-20(18)30-21)16-32-24(23)27-22(28)14-13-17-9-5-4-6-10-17;1-24(2,3)19(13-15-7-5-4-6-8-15)21(27)26-22-20(23(28)29)18(14-30-22)16-9-11-17(25)12-10-16;2*1-13(11-14-5-3-2-4-6-14)19(24)23-20-18(21(25)26)17(12-27-20)15-7-9-16(22)10-8-15;1-13-3-2-4-14(11-13)5-10-18(26)23-20-19(21(24)25)17(12-27-20)15-6-8-16(22)9-7-15/h4-12,15-16H,13-14H2,1-3H3,(H,27,28);4-12,14,19H,13H2,1-3H3,(H,26,27)(H,28,29);2*2-10,12-13H,11H2,1H3,(H,23,24)(H,25,26);2-4,6-9,11-12H,5,10H2,1H3,(H,23,26)(H,24,25). The Bertz CT molecular complexity index is 6950. The fraction of sp³-hybridized carbons (Fsp3) is 0.186. The zero-order valence-corrected chi connectivity index (χ0v) is 88.0. The van der Waals surface area contributed by atoms with Crippen molar-refractivity contribution in [2.75, 3.05) is 26.6 Å². The molecule has 9 N–H and O–H groups in total. The predicted molar refractivity (Wildman–Crippen MR) is 591 cm³/mol. The molecule has 0 radical (unpaired) electrons. The summed E-state index contributed by atoms with van der Waals surface area (Å²) in [6.45, 7) is 17.2. The average molecular weight is 2150 g/mol. The van der Waals surface area contributed by atoms with Crippen LogP contribution in [0, 0.1) is 30.1 Å². The monoisotopic (exact) mass is 2150 g/mol. The molecule has 0 bridgehead atoms. The number of anilines is 5. The topological polar surface area (TPSA) is 317 Å². The Morgan fingerprint density at radius 2 is 0.727 bits per heavy atom. The molecule has 4 amide bonds. The lowest BCUT2D eigenvalue weighted by atomic mass is 9.76. The summed E-state index contributed by atoms with van der Waals surface area (Å²) in [6.07, 6.45) is 4.17. The van der Waals surface area contributed by atoms with E-state index in [0.717, 1.165) is 66.4 Å². The molecule has 0 aliphatic rings. The molecule has 20 nitrogen and oxygen atoms in total. The van der Waals surface area contributed by atoms with Crippen molar-refractivity contribution >= 4 is 214 Å². The quantitative estimate of drug-likeness (QED) is 0.0149. The summed E-state index contributed by atoms with van der Waals surface area (Å²) >= 11 is 32.9. The van der Waals surface area contributed by atoms with E-state index in [0.29, 0.717) is 123 Å². The van der Waals surface area contributed by atoms with Crippen molar-refractivity contribution in [3.63, 3.8) is 0 Å². The van der Waals surface area contributed by atoms with E-state index >= 15 is 0 Å². The second kappa shape index (κ2) is 51.1. The van der Waals surface area contributed by atoms with Crippen LogP contribution in [0.2, 0.25) is 15.1 Å². The van der Waals surface area contributed by atoms with E-state index in [4.69, 9.17) is 56.2 Å². The van der Waals surface area contributed by atoms with E-state index in [1.807, 2.05) is 260 Å². The number of carbonyl (C=O) groups is 9. The highest BCUT2D eigenvalue weighted by molar-refractivity contribution is 9.10. The maximum absolute atomic E-state index is 13.2. The first-order valence-corrected chi connectivity index (χ1v) is 52.0. The Kier molecular flexibility index (Phi) is 38.8. The first-order valence-electron chi connectivity index (χ1n) is 45.3. The summed E-state index contributed by atoms with van der Waals surface area (Å²) in [5.41, 5.74) is 13.5. The van der Waals surface area contributed by atoms with Crippen molar-refractivity contribution in [2.45, 2.75) is 113 Å². The number of furan rings is 1. The van der Waals surface area contributed by atoms with Gasteiger partial charge >= 0.3 is 29.8 Å². The van der Waals surface area contributed by atoms with Crippen LogP contribution in [-0.2, 0) is 56.0 Å². The van der Waals surface area contributed by atoms with Crippen LogP contribution in [0.4, 0.5) is 25.0 Å². The smallest absolute Gasteiger partial charge is 0.342 e. The summed E-state index contributed by atoms with van der Waals surface area (Å²) < 4.78 is 12.5. The lowest BCUT2D eigenvalue weighted by molar-refractivity contribution is -0.123. The number of thiophene rings is 5. The number of para-hydroxylation sites is 1. The molecule has 0 aliphatic carbocycles. The first-order chi connectivity index (χ1) is 68.3. The Balaban J connectivity index is 0.000000160. The minimum Gasteiger partial charge on any atom is -0.478 e. The van der Waals surface area contributed by atoms with Gasteiger partial charge in [-0.1, -0.05) is 315 Å². The fourth-order valence-electron chi connectivity index (χ4n) is 15.1. The highest BCUT2D eigenvalue weighted by Gasteiger charge is 2.35. The van der Waals surface area contributed by atoms with E-state index in [9.17, 15) is 63.6 Å². The largest absolute Gasteiger partial charge is 0.478 e. The second-order valence-electron chi connectivity index (χ2n) is 35.5. The molecule has 0 fully saturated rings. The van der Waals surface area contributed by atoms with Crippen molar-refractivity contribution in [3.8, 4) is 55.8 Å². The molecular formula is C113H103BrCl3N5O15S6. The summed E-state index contributed by atoms with van der Waals surface area (Å²) in [4.78, 5) is 112. The Labute approximate surface area is 878 Å². The van der Waals surface area contributed by atoms with Crippen molar-refractivity contribution in [2.24, 2.45) is 23.2 Å². The number of carbonyl (C=O) groups excluding carboxylic acids is 5. The van der Waals surface area contributed by atoms with Crippen LogP contribution in [0.5, 0.6) is 0 Å². The number of thiocarbonyl (C=S) groups is 1. The minimum atomic E-state index is -1.08. The molecule has 0 spiro atoms. The number of aryl methyl sites for hydroxylation is 3. The van der Waals surface area contributed by atoms with E-state index in [-0.39, 0.29) is 69.1 Å². The number of ether oxygens (including phenoxy) is 1. The third-order valence-electron chi connectivity index (χ3n) is 22.5. The molecule has 3 unspecified atom stereocenters. The Morgan fingerprint density at radius 1 is 0.385 bits per heavy atom. The second-order valence-corrected chi connectivity index (χ2v) is 42.6. The van der Waals surface area contributed by atoms with Gasteiger partial charge in [0.05, 0.1) is 4.99 Å². The van der Waals surface area contributed by atoms with E-state index < -0.39 is 35.4 Å². The maximum Gasteiger partial charge on any atom is 0.342 e. The predicted octanol–water partition coefficient (Wildman–Crippen LogP) is 31.0. The number of amides is 4. The molecule has 0 saturated carbocycles. The molecule has 30 heteroatoms. The van der Waals surface area contributed by atoms with Crippen molar-refractivity contribution in [1.29, 1.82) is 0 Å². The van der Waals surface area contributed by atoms with Crippen molar-refractivity contribution in [3.05, 3.63) is 381 Å². The Hall–Kier alpha value is -13.3. The van der Waals surface area contributed by atoms with Gasteiger partial charge in [-0.2, -0.15) is 0 Å². The lowest BCUT2D eigenvalue weighted by Crippen LogP contribution is -2.35. The third kappa shape index (κ3) is 31.1. The van der Waals surface area contributed by atoms with Gasteiger partial charge in [-0.25, -0.2) is 24.0 Å². The molecule has 0 aliphatic heterocycles. The zero-order valence-electron chi connectivity index (χ0n) is 79.3. The number of halogens is 4. The maximum atomic E-state index is 13.2. The molecule has 6 aromatic heterocycles. The van der Waals surface area contributed by atoms with Gasteiger partial charge < -0.3 is 56.2 Å². The van der Waals surface area contributed by atoms with E-state index in [1.54, 1.807) is 76.8 Å². The average Bonchev–Trinajstić information content (AvgIpc) is 1.64. The molecule has 0 saturated heterocycles. The van der Waals surface area contributed by atoms with Gasteiger partial charge in [-0.15, -0.1) is 56.7 Å². The fourth-order valence-corrected chi connectivity index (χ4v) is 20.9. The summed E-state index contributed by atoms with van der Waals surface area (Å²) in [5.74, 6) is -5.72. The molecular weight excluding hydrogens is 2050 g/mol. The van der Waals surface area contributed by atoms with Crippen molar-refractivity contribution < 1.29 is 72.7 Å². The number of esters is 1. The zero-order chi connectivity index (χ0) is 103. The molecule has 3 atom stereocenters. The van der Waals surface area contributed by atoms with Gasteiger partial charge in [0.15, 0.2) is 0 Å². The highest BCUT2D eigenvalue weighted by Crippen LogP contribution is 2.44. The Morgan fingerprint density at radius 3 is 1.11 bits per heavy atom. The van der Waals surface area contributed by atoms with Crippen molar-refractivity contribution in [1.82, 2.24) is 0 Å². The molecule has 6 heterocycles. The van der Waals surface area contributed by atoms with Gasteiger partial charge in [0, 0.05) is 110 Å². The van der Waals surface area contributed by atoms with Crippen LogP contribution in [-0.4, -0.2) is 84.5 Å². The number of aromatic carboxylic acids is 4. The normalized spacial score (nSPS) is 11.6. The molecule has 16 rings (SSSR count). The van der Waals surface area contributed by atoms with Gasteiger partial charge in [0.25, 0.3) is 0 Å². The number of carboxylic acids is 4.